The van der Waals surface area contributed by atoms with Crippen molar-refractivity contribution in [1.82, 2.24) is 4.98 Å². The van der Waals surface area contributed by atoms with Gasteiger partial charge >= 0.3 is 0 Å². The summed E-state index contributed by atoms with van der Waals surface area (Å²) in [5.41, 5.74) is 11.6. The predicted octanol–water partition coefficient (Wildman–Crippen LogP) is 4.41. The molecule has 108 valence electrons. The summed E-state index contributed by atoms with van der Waals surface area (Å²) in [6, 6.07) is 4.51. The number of nitrogens with two attached hydrogens (primary N) is 1. The Morgan fingerprint density at radius 3 is 2.65 bits per heavy atom. The number of nitrogens with one attached hydrogen (secondary N) is 1. The normalized spacial score (nSPS) is 18.6. The molecule has 3 N–H and O–H groups in total. The maximum Gasteiger partial charge on any atom is 0.0489 e. The van der Waals surface area contributed by atoms with Crippen LogP contribution in [0.3, 0.4) is 0 Å². The molecule has 1 fully saturated rings. The molecule has 3 rings (SSSR count). The highest BCUT2D eigenvalue weighted by atomic mass is 14.7. The molecular weight excluding hydrogens is 244 g/mol. The molecule has 0 bridgehead atoms. The minimum absolute atomic E-state index is 0.520. The van der Waals surface area contributed by atoms with Crippen molar-refractivity contribution >= 4 is 10.9 Å². The van der Waals surface area contributed by atoms with Gasteiger partial charge in [-0.05, 0) is 55.8 Å². The third-order valence-corrected chi connectivity index (χ3v) is 5.29. The van der Waals surface area contributed by atoms with Crippen LogP contribution in [0.5, 0.6) is 0 Å². The lowest BCUT2D eigenvalue weighted by atomic mass is 9.76. The zero-order valence-corrected chi connectivity index (χ0v) is 12.7. The van der Waals surface area contributed by atoms with E-state index in [1.165, 1.54) is 59.7 Å². The number of aromatic nitrogens is 1. The molecular formula is C18H26N2. The van der Waals surface area contributed by atoms with Gasteiger partial charge in [0.2, 0.25) is 0 Å². The van der Waals surface area contributed by atoms with E-state index in [-0.39, 0.29) is 0 Å². The fraction of sp³-hybridized carbons (Fsp3) is 0.556. The first-order chi connectivity index (χ1) is 9.72. The number of rotatable bonds is 3. The number of H-pyrrole nitrogens is 1. The topological polar surface area (TPSA) is 41.8 Å². The molecule has 1 aliphatic rings. The molecule has 0 amide bonds. The van der Waals surface area contributed by atoms with E-state index in [1.807, 2.05) is 0 Å². The van der Waals surface area contributed by atoms with Crippen LogP contribution >= 0.6 is 0 Å². The van der Waals surface area contributed by atoms with Crippen LogP contribution in [0.25, 0.3) is 10.9 Å². The third-order valence-electron chi connectivity index (χ3n) is 5.29. The van der Waals surface area contributed by atoms with Crippen LogP contribution in [-0.2, 0) is 0 Å². The van der Waals surface area contributed by atoms with Crippen LogP contribution in [0.2, 0.25) is 0 Å². The first-order valence-electron chi connectivity index (χ1n) is 7.99. The molecule has 1 unspecified atom stereocenters. The molecule has 1 aromatic heterocycles. The quantitative estimate of drug-likeness (QED) is 0.852. The standard InChI is InChI=1S/C18H26N2/c1-12-8-9-15-17(11-20-18(15)13(12)2)16(10-19)14-6-4-3-5-7-14/h8-9,11,14,16,20H,3-7,10,19H2,1-2H3. The van der Waals surface area contributed by atoms with Crippen molar-refractivity contribution in [2.75, 3.05) is 6.54 Å². The van der Waals surface area contributed by atoms with Crippen LogP contribution in [0.4, 0.5) is 0 Å². The second kappa shape index (κ2) is 5.61. The van der Waals surface area contributed by atoms with Gasteiger partial charge in [0.05, 0.1) is 0 Å². The van der Waals surface area contributed by atoms with E-state index in [1.54, 1.807) is 0 Å². The predicted molar refractivity (Wildman–Crippen MR) is 86.1 cm³/mol. The number of aryl methyl sites for hydroxylation is 2. The molecule has 1 heterocycles. The maximum atomic E-state index is 6.14. The summed E-state index contributed by atoms with van der Waals surface area (Å²) in [4.78, 5) is 3.50. The molecule has 2 aromatic rings. The Balaban J connectivity index is 2.01. The number of fused-ring (bicyclic) bond motifs is 1. The molecule has 2 heteroatoms. The Bertz CT molecular complexity index is 591. The van der Waals surface area contributed by atoms with Gasteiger partial charge in [-0.15, -0.1) is 0 Å². The van der Waals surface area contributed by atoms with Crippen LogP contribution < -0.4 is 5.73 Å². The average Bonchev–Trinajstić information content (AvgIpc) is 2.90. The Hall–Kier alpha value is -1.28. The van der Waals surface area contributed by atoms with Crippen LogP contribution in [0.15, 0.2) is 18.3 Å². The Morgan fingerprint density at radius 1 is 1.20 bits per heavy atom. The van der Waals surface area contributed by atoms with Crippen molar-refractivity contribution in [3.8, 4) is 0 Å². The molecule has 1 saturated carbocycles. The average molecular weight is 270 g/mol. The highest BCUT2D eigenvalue weighted by Crippen LogP contribution is 2.38. The van der Waals surface area contributed by atoms with E-state index in [0.29, 0.717) is 5.92 Å². The van der Waals surface area contributed by atoms with Crippen molar-refractivity contribution in [1.29, 1.82) is 0 Å². The third kappa shape index (κ3) is 2.26. The lowest BCUT2D eigenvalue weighted by molar-refractivity contribution is 0.308. The Kier molecular flexibility index (Phi) is 3.84. The maximum absolute atomic E-state index is 6.14. The van der Waals surface area contributed by atoms with E-state index in [0.717, 1.165) is 12.5 Å². The molecule has 2 nitrogen and oxygen atoms in total. The molecule has 0 radical (unpaired) electrons. The van der Waals surface area contributed by atoms with E-state index in [4.69, 9.17) is 5.73 Å². The highest BCUT2D eigenvalue weighted by molar-refractivity contribution is 5.87. The van der Waals surface area contributed by atoms with Crippen LogP contribution in [0, 0.1) is 19.8 Å². The van der Waals surface area contributed by atoms with Gasteiger partial charge in [-0.1, -0.05) is 31.4 Å². The van der Waals surface area contributed by atoms with E-state index in [2.05, 4.69) is 37.2 Å². The monoisotopic (exact) mass is 270 g/mol. The van der Waals surface area contributed by atoms with Gasteiger partial charge in [0, 0.05) is 23.0 Å². The molecule has 20 heavy (non-hydrogen) atoms. The fourth-order valence-corrected chi connectivity index (χ4v) is 3.89. The molecule has 1 atom stereocenters. The van der Waals surface area contributed by atoms with Gasteiger partial charge in [0.1, 0.15) is 0 Å². The van der Waals surface area contributed by atoms with Gasteiger partial charge < -0.3 is 10.7 Å². The van der Waals surface area contributed by atoms with Crippen LogP contribution in [-0.4, -0.2) is 11.5 Å². The zero-order chi connectivity index (χ0) is 14.1. The summed E-state index contributed by atoms with van der Waals surface area (Å²) in [7, 11) is 0. The first-order valence-corrected chi connectivity index (χ1v) is 7.99. The molecule has 1 aromatic carbocycles. The smallest absolute Gasteiger partial charge is 0.0489 e. The van der Waals surface area contributed by atoms with Gasteiger partial charge in [-0.2, -0.15) is 0 Å². The molecule has 1 aliphatic carbocycles. The van der Waals surface area contributed by atoms with Gasteiger partial charge in [-0.3, -0.25) is 0 Å². The summed E-state index contributed by atoms with van der Waals surface area (Å²) in [5.74, 6) is 1.29. The minimum atomic E-state index is 0.520. The van der Waals surface area contributed by atoms with Crippen molar-refractivity contribution in [3.63, 3.8) is 0 Å². The largest absolute Gasteiger partial charge is 0.361 e. The fourth-order valence-electron chi connectivity index (χ4n) is 3.89. The van der Waals surface area contributed by atoms with Crippen molar-refractivity contribution in [2.45, 2.75) is 51.9 Å². The number of aromatic amines is 1. The van der Waals surface area contributed by atoms with Crippen molar-refractivity contribution in [3.05, 3.63) is 35.0 Å². The summed E-state index contributed by atoms with van der Waals surface area (Å²) in [5, 5.41) is 1.38. The number of hydrogen-bond donors (Lipinski definition) is 2. The van der Waals surface area contributed by atoms with Crippen molar-refractivity contribution in [2.24, 2.45) is 11.7 Å². The summed E-state index contributed by atoms with van der Waals surface area (Å²) >= 11 is 0. The summed E-state index contributed by atoms with van der Waals surface area (Å²) < 4.78 is 0. The van der Waals surface area contributed by atoms with E-state index >= 15 is 0 Å². The second-order valence-electron chi connectivity index (χ2n) is 6.41. The van der Waals surface area contributed by atoms with E-state index in [9.17, 15) is 0 Å². The zero-order valence-electron chi connectivity index (χ0n) is 12.7. The van der Waals surface area contributed by atoms with Gasteiger partial charge in [0.25, 0.3) is 0 Å². The second-order valence-corrected chi connectivity index (χ2v) is 6.41. The Labute approximate surface area is 121 Å². The minimum Gasteiger partial charge on any atom is -0.361 e. The summed E-state index contributed by atoms with van der Waals surface area (Å²) in [6.07, 6.45) is 9.06. The van der Waals surface area contributed by atoms with Crippen molar-refractivity contribution < 1.29 is 0 Å². The lowest BCUT2D eigenvalue weighted by Crippen LogP contribution is -2.23. The number of benzene rings is 1. The van der Waals surface area contributed by atoms with Gasteiger partial charge in [-0.25, -0.2) is 0 Å². The van der Waals surface area contributed by atoms with E-state index < -0.39 is 0 Å². The summed E-state index contributed by atoms with van der Waals surface area (Å²) in [6.45, 7) is 5.15. The molecule has 0 aliphatic heterocycles. The van der Waals surface area contributed by atoms with Gasteiger partial charge in [0.15, 0.2) is 0 Å². The SMILES string of the molecule is Cc1ccc2c(C(CN)C3CCCCC3)c[nH]c2c1C. The molecule has 0 spiro atoms. The lowest BCUT2D eigenvalue weighted by Gasteiger charge is -2.29. The first kappa shape index (κ1) is 13.7. The highest BCUT2D eigenvalue weighted by Gasteiger charge is 2.26. The Morgan fingerprint density at radius 2 is 1.95 bits per heavy atom. The van der Waals surface area contributed by atoms with Crippen LogP contribution in [0.1, 0.15) is 54.7 Å². The molecule has 0 saturated heterocycles. The number of hydrogen-bond acceptors (Lipinski definition) is 1.